The molecule has 0 heterocycles. The third kappa shape index (κ3) is 5.68. The van der Waals surface area contributed by atoms with E-state index in [1.807, 2.05) is 6.07 Å². The molecule has 0 aliphatic rings. The lowest BCUT2D eigenvalue weighted by atomic mass is 9.97. The molecule has 1 aromatic carbocycles. The quantitative estimate of drug-likeness (QED) is 0.696. The molecule has 21 heavy (non-hydrogen) atoms. The summed E-state index contributed by atoms with van der Waals surface area (Å²) < 4.78 is 12.0. The summed E-state index contributed by atoms with van der Waals surface area (Å²) in [6, 6.07) is 8.47. The van der Waals surface area contributed by atoms with E-state index < -0.39 is 0 Å². The van der Waals surface area contributed by atoms with Gasteiger partial charge in [0.1, 0.15) is 5.75 Å². The highest BCUT2D eigenvalue weighted by Gasteiger charge is 2.25. The number of nitrogens with one attached hydrogen (secondary N) is 1. The van der Waals surface area contributed by atoms with Crippen LogP contribution in [0.15, 0.2) is 24.3 Å². The van der Waals surface area contributed by atoms with Gasteiger partial charge in [0.15, 0.2) is 0 Å². The monoisotopic (exact) mass is 293 g/mol. The molecular weight excluding hydrogens is 262 g/mol. The molecule has 2 unspecified atom stereocenters. The van der Waals surface area contributed by atoms with Gasteiger partial charge in [-0.1, -0.05) is 38.5 Å². The summed E-state index contributed by atoms with van der Waals surface area (Å²) in [4.78, 5) is 0. The summed E-state index contributed by atoms with van der Waals surface area (Å²) in [6.45, 7) is 12.2. The van der Waals surface area contributed by atoms with Crippen molar-refractivity contribution in [1.29, 1.82) is 0 Å². The summed E-state index contributed by atoms with van der Waals surface area (Å²) in [5.41, 5.74) is 1.19. The average Bonchev–Trinajstić information content (AvgIpc) is 2.45. The van der Waals surface area contributed by atoms with Crippen molar-refractivity contribution in [3.05, 3.63) is 29.8 Å². The zero-order valence-electron chi connectivity index (χ0n) is 14.2. The fourth-order valence-corrected chi connectivity index (χ4v) is 2.61. The Bertz CT molecular complexity index is 387. The fraction of sp³-hybridized carbons (Fsp3) is 0.667. The van der Waals surface area contributed by atoms with E-state index >= 15 is 0 Å². The third-order valence-corrected chi connectivity index (χ3v) is 3.37. The van der Waals surface area contributed by atoms with Gasteiger partial charge in [-0.3, -0.25) is 0 Å². The van der Waals surface area contributed by atoms with Gasteiger partial charge in [-0.2, -0.15) is 0 Å². The van der Waals surface area contributed by atoms with Crippen LogP contribution in [0, 0.1) is 0 Å². The number of ether oxygens (including phenoxy) is 2. The Balaban J connectivity index is 3.07. The first-order chi connectivity index (χ1) is 10.1. The molecule has 0 bridgehead atoms. The molecule has 0 aliphatic heterocycles. The number of rotatable bonds is 10. The molecule has 0 saturated heterocycles. The maximum atomic E-state index is 5.99. The molecule has 1 aromatic rings. The van der Waals surface area contributed by atoms with Gasteiger partial charge < -0.3 is 14.8 Å². The molecule has 120 valence electrons. The highest BCUT2D eigenvalue weighted by atomic mass is 16.5. The minimum absolute atomic E-state index is 0.171. The van der Waals surface area contributed by atoms with Gasteiger partial charge in [0.2, 0.25) is 0 Å². The number of hydrogen-bond donors (Lipinski definition) is 1. The Labute approximate surface area is 130 Å². The van der Waals surface area contributed by atoms with Crippen LogP contribution in [0.2, 0.25) is 0 Å². The maximum absolute atomic E-state index is 5.99. The van der Waals surface area contributed by atoms with E-state index in [4.69, 9.17) is 9.47 Å². The zero-order valence-corrected chi connectivity index (χ0v) is 14.2. The minimum Gasteiger partial charge on any atom is -0.491 e. The molecule has 0 amide bonds. The lowest BCUT2D eigenvalue weighted by Crippen LogP contribution is -2.34. The number of benzene rings is 1. The molecule has 0 aliphatic carbocycles. The summed E-state index contributed by atoms with van der Waals surface area (Å²) in [5, 5.41) is 3.58. The largest absolute Gasteiger partial charge is 0.491 e. The minimum atomic E-state index is 0.171. The van der Waals surface area contributed by atoms with Crippen LogP contribution in [0.4, 0.5) is 0 Å². The van der Waals surface area contributed by atoms with E-state index in [9.17, 15) is 0 Å². The van der Waals surface area contributed by atoms with Gasteiger partial charge in [0.25, 0.3) is 0 Å². The molecule has 0 aromatic heterocycles. The van der Waals surface area contributed by atoms with Gasteiger partial charge in [0.05, 0.1) is 18.2 Å². The van der Waals surface area contributed by atoms with Crippen LogP contribution in [0.25, 0.3) is 0 Å². The molecule has 1 rings (SSSR count). The number of para-hydroxylation sites is 1. The maximum Gasteiger partial charge on any atom is 0.124 e. The molecule has 0 radical (unpaired) electrons. The average molecular weight is 293 g/mol. The Kier molecular flexibility index (Phi) is 8.40. The number of hydrogen-bond acceptors (Lipinski definition) is 3. The number of likely N-dealkylation sites (N-methyl/N-ethyl adjacent to an activating group) is 1. The molecule has 0 spiro atoms. The van der Waals surface area contributed by atoms with Gasteiger partial charge >= 0.3 is 0 Å². The van der Waals surface area contributed by atoms with Gasteiger partial charge in [-0.05, 0) is 39.8 Å². The van der Waals surface area contributed by atoms with Crippen LogP contribution in [-0.2, 0) is 4.74 Å². The second kappa shape index (κ2) is 9.80. The molecular formula is C18H31NO2. The van der Waals surface area contributed by atoms with E-state index in [1.54, 1.807) is 0 Å². The molecule has 3 heteroatoms. The SMILES string of the molecule is CCCC(OCC)C(NCC)c1ccccc1OC(C)C. The summed E-state index contributed by atoms with van der Waals surface area (Å²) >= 11 is 0. The molecule has 0 fully saturated rings. The van der Waals surface area contributed by atoms with Crippen LogP contribution in [0.5, 0.6) is 5.75 Å². The van der Waals surface area contributed by atoms with Crippen molar-refractivity contribution in [3.63, 3.8) is 0 Å². The van der Waals surface area contributed by atoms with Crippen LogP contribution in [-0.4, -0.2) is 25.4 Å². The predicted octanol–water partition coefficient (Wildman–Crippen LogP) is 4.33. The Morgan fingerprint density at radius 1 is 1.10 bits per heavy atom. The Morgan fingerprint density at radius 3 is 2.38 bits per heavy atom. The second-order valence-electron chi connectivity index (χ2n) is 5.52. The summed E-state index contributed by atoms with van der Waals surface area (Å²) in [7, 11) is 0. The van der Waals surface area contributed by atoms with E-state index in [0.717, 1.165) is 31.7 Å². The molecule has 0 saturated carbocycles. The van der Waals surface area contributed by atoms with Crippen molar-refractivity contribution >= 4 is 0 Å². The fourth-order valence-electron chi connectivity index (χ4n) is 2.61. The van der Waals surface area contributed by atoms with Crippen molar-refractivity contribution in [3.8, 4) is 5.75 Å². The first-order valence-corrected chi connectivity index (χ1v) is 8.24. The first kappa shape index (κ1) is 18.0. The zero-order chi connectivity index (χ0) is 15.7. The Morgan fingerprint density at radius 2 is 1.81 bits per heavy atom. The van der Waals surface area contributed by atoms with Crippen LogP contribution in [0.1, 0.15) is 59.1 Å². The summed E-state index contributed by atoms with van der Waals surface area (Å²) in [6.07, 6.45) is 2.50. The van der Waals surface area contributed by atoms with E-state index in [2.05, 4.69) is 58.1 Å². The topological polar surface area (TPSA) is 30.5 Å². The molecule has 3 nitrogen and oxygen atoms in total. The smallest absolute Gasteiger partial charge is 0.124 e. The van der Waals surface area contributed by atoms with Crippen molar-refractivity contribution in [2.24, 2.45) is 0 Å². The van der Waals surface area contributed by atoms with Crippen LogP contribution >= 0.6 is 0 Å². The van der Waals surface area contributed by atoms with E-state index in [1.165, 1.54) is 5.56 Å². The summed E-state index contributed by atoms with van der Waals surface area (Å²) in [5.74, 6) is 0.958. The van der Waals surface area contributed by atoms with Crippen LogP contribution in [0.3, 0.4) is 0 Å². The van der Waals surface area contributed by atoms with Crippen molar-refractivity contribution < 1.29 is 9.47 Å². The van der Waals surface area contributed by atoms with E-state index in [-0.39, 0.29) is 18.2 Å². The standard InChI is InChI=1S/C18H31NO2/c1-6-11-17(20-8-3)18(19-7-2)15-12-9-10-13-16(15)21-14(4)5/h9-10,12-14,17-19H,6-8,11H2,1-5H3. The lowest BCUT2D eigenvalue weighted by Gasteiger charge is -2.29. The van der Waals surface area contributed by atoms with E-state index in [0.29, 0.717) is 0 Å². The van der Waals surface area contributed by atoms with Crippen molar-refractivity contribution in [2.75, 3.05) is 13.2 Å². The van der Waals surface area contributed by atoms with Crippen molar-refractivity contribution in [1.82, 2.24) is 5.32 Å². The highest BCUT2D eigenvalue weighted by molar-refractivity contribution is 5.36. The van der Waals surface area contributed by atoms with Gasteiger partial charge in [0, 0.05) is 12.2 Å². The van der Waals surface area contributed by atoms with Gasteiger partial charge in [-0.25, -0.2) is 0 Å². The first-order valence-electron chi connectivity index (χ1n) is 8.24. The molecule has 2 atom stereocenters. The lowest BCUT2D eigenvalue weighted by molar-refractivity contribution is 0.0270. The van der Waals surface area contributed by atoms with Crippen LogP contribution < -0.4 is 10.1 Å². The Hall–Kier alpha value is -1.06. The highest BCUT2D eigenvalue weighted by Crippen LogP contribution is 2.31. The van der Waals surface area contributed by atoms with Gasteiger partial charge in [-0.15, -0.1) is 0 Å². The normalized spacial score (nSPS) is 14.2. The van der Waals surface area contributed by atoms with Crippen molar-refractivity contribution in [2.45, 2.75) is 65.7 Å². The second-order valence-corrected chi connectivity index (χ2v) is 5.52. The third-order valence-electron chi connectivity index (χ3n) is 3.37. The molecule has 1 N–H and O–H groups in total. The predicted molar refractivity (Wildman–Crippen MR) is 88.9 cm³/mol.